The van der Waals surface area contributed by atoms with Gasteiger partial charge < -0.3 is 14.7 Å². The summed E-state index contributed by atoms with van der Waals surface area (Å²) in [7, 11) is -1.75. The van der Waals surface area contributed by atoms with Gasteiger partial charge in [0.1, 0.15) is 5.75 Å². The smallest absolute Gasteiger partial charge is 0.512 e. The van der Waals surface area contributed by atoms with Gasteiger partial charge in [0.05, 0.1) is 0 Å². The van der Waals surface area contributed by atoms with Crippen molar-refractivity contribution in [2.75, 3.05) is 0 Å². The Morgan fingerprint density at radius 3 is 2.15 bits per heavy atom. The lowest BCUT2D eigenvalue weighted by atomic mass is 10.0. The number of hydrogen-bond donors (Lipinski definition) is 2. The molecule has 2 N–H and O–H groups in total. The summed E-state index contributed by atoms with van der Waals surface area (Å²) in [5, 5.41) is 17.4. The van der Waals surface area contributed by atoms with E-state index in [1.807, 2.05) is 32.9 Å². The lowest BCUT2D eigenvalue weighted by Crippen LogP contribution is -2.21. The van der Waals surface area contributed by atoms with Crippen LogP contribution >= 0.6 is 0 Å². The van der Waals surface area contributed by atoms with E-state index in [4.69, 9.17) is 14.7 Å². The van der Waals surface area contributed by atoms with E-state index in [-0.39, 0.29) is 0 Å². The van der Waals surface area contributed by atoms with Crippen molar-refractivity contribution in [3.8, 4) is 5.75 Å². The lowest BCUT2D eigenvalue weighted by Gasteiger charge is -2.13. The van der Waals surface area contributed by atoms with E-state index in [9.17, 15) is 0 Å². The Hall–Kier alpha value is -0.995. The van der Waals surface area contributed by atoms with Crippen LogP contribution in [0.15, 0.2) is 12.1 Å². The van der Waals surface area contributed by atoms with E-state index < -0.39 is 7.32 Å². The predicted octanol–water partition coefficient (Wildman–Crippen LogP) is 0.960. The van der Waals surface area contributed by atoms with Crippen molar-refractivity contribution in [2.24, 2.45) is 0 Å². The van der Waals surface area contributed by atoms with Gasteiger partial charge in [-0.2, -0.15) is 0 Å². The number of rotatable bonds is 2. The Balaban J connectivity index is 3.10. The third kappa shape index (κ3) is 2.23. The van der Waals surface area contributed by atoms with Crippen molar-refractivity contribution < 1.29 is 14.7 Å². The van der Waals surface area contributed by atoms with Crippen LogP contribution in [0.2, 0.25) is 0 Å². The lowest BCUT2D eigenvalue weighted by molar-refractivity contribution is 0.286. The molecule has 0 aliphatic heterocycles. The SMILES string of the molecule is Cc1ccc(C)c(OB(O)O)c1C. The molecule has 0 heterocycles. The summed E-state index contributed by atoms with van der Waals surface area (Å²) in [4.78, 5) is 0. The fourth-order valence-corrected chi connectivity index (χ4v) is 1.21. The molecule has 13 heavy (non-hydrogen) atoms. The second kappa shape index (κ2) is 3.81. The molecule has 1 rings (SSSR count). The summed E-state index contributed by atoms with van der Waals surface area (Å²) in [6.07, 6.45) is 0. The van der Waals surface area contributed by atoms with Gasteiger partial charge >= 0.3 is 7.32 Å². The maximum Gasteiger partial charge on any atom is 0.707 e. The van der Waals surface area contributed by atoms with Crippen molar-refractivity contribution in [1.29, 1.82) is 0 Å². The fourth-order valence-electron chi connectivity index (χ4n) is 1.21. The van der Waals surface area contributed by atoms with E-state index in [1.54, 1.807) is 0 Å². The van der Waals surface area contributed by atoms with Gasteiger partial charge in [0.15, 0.2) is 0 Å². The normalized spacial score (nSPS) is 9.92. The van der Waals surface area contributed by atoms with E-state index in [0.717, 1.165) is 16.7 Å². The minimum atomic E-state index is -1.75. The van der Waals surface area contributed by atoms with E-state index in [2.05, 4.69) is 0 Å². The Morgan fingerprint density at radius 1 is 1.08 bits per heavy atom. The summed E-state index contributed by atoms with van der Waals surface area (Å²) in [6, 6.07) is 3.86. The Kier molecular flexibility index (Phi) is 2.96. The molecule has 0 bridgehead atoms. The van der Waals surface area contributed by atoms with Gasteiger partial charge in [0.2, 0.25) is 0 Å². The first-order chi connectivity index (χ1) is 6.02. The molecule has 1 aromatic rings. The van der Waals surface area contributed by atoms with Crippen LogP contribution in [0.4, 0.5) is 0 Å². The molecule has 1 aromatic carbocycles. The largest absolute Gasteiger partial charge is 0.707 e. The molecular formula is C9H13BO3. The van der Waals surface area contributed by atoms with Crippen LogP contribution in [0.1, 0.15) is 16.7 Å². The Labute approximate surface area is 78.2 Å². The van der Waals surface area contributed by atoms with Crippen LogP contribution < -0.4 is 4.65 Å². The van der Waals surface area contributed by atoms with Crippen molar-refractivity contribution in [2.45, 2.75) is 20.8 Å². The van der Waals surface area contributed by atoms with Gasteiger partial charge in [-0.15, -0.1) is 0 Å². The van der Waals surface area contributed by atoms with Crippen LogP contribution in [0.25, 0.3) is 0 Å². The van der Waals surface area contributed by atoms with Crippen LogP contribution in [-0.2, 0) is 0 Å². The summed E-state index contributed by atoms with van der Waals surface area (Å²) >= 11 is 0. The van der Waals surface area contributed by atoms with Crippen molar-refractivity contribution >= 4 is 7.32 Å². The summed E-state index contributed by atoms with van der Waals surface area (Å²) < 4.78 is 4.87. The quantitative estimate of drug-likeness (QED) is 0.666. The molecule has 0 atom stereocenters. The van der Waals surface area contributed by atoms with E-state index in [0.29, 0.717) is 5.75 Å². The predicted molar refractivity (Wildman–Crippen MR) is 51.5 cm³/mol. The third-order valence-electron chi connectivity index (χ3n) is 2.10. The molecule has 0 aromatic heterocycles. The van der Waals surface area contributed by atoms with Gasteiger partial charge in [-0.1, -0.05) is 12.1 Å². The molecule has 0 fully saturated rings. The van der Waals surface area contributed by atoms with E-state index in [1.165, 1.54) is 0 Å². The molecular weight excluding hydrogens is 167 g/mol. The first-order valence-electron chi connectivity index (χ1n) is 4.12. The van der Waals surface area contributed by atoms with Crippen LogP contribution in [0.3, 0.4) is 0 Å². The maximum atomic E-state index is 8.68. The fraction of sp³-hybridized carbons (Fsp3) is 0.333. The first-order valence-corrected chi connectivity index (χ1v) is 4.12. The zero-order valence-corrected chi connectivity index (χ0v) is 8.03. The average molecular weight is 180 g/mol. The number of benzene rings is 1. The van der Waals surface area contributed by atoms with Crippen molar-refractivity contribution in [1.82, 2.24) is 0 Å². The highest BCUT2D eigenvalue weighted by Gasteiger charge is 2.15. The second-order valence-electron chi connectivity index (χ2n) is 3.10. The molecule has 0 amide bonds. The summed E-state index contributed by atoms with van der Waals surface area (Å²) in [5.41, 5.74) is 2.91. The van der Waals surface area contributed by atoms with Gasteiger partial charge in [0.25, 0.3) is 0 Å². The molecule has 0 saturated heterocycles. The topological polar surface area (TPSA) is 49.7 Å². The summed E-state index contributed by atoms with van der Waals surface area (Å²) in [6.45, 7) is 5.70. The average Bonchev–Trinajstić information content (AvgIpc) is 2.05. The van der Waals surface area contributed by atoms with Gasteiger partial charge in [0, 0.05) is 0 Å². The monoisotopic (exact) mass is 180 g/mol. The molecule has 0 spiro atoms. The molecule has 0 aliphatic carbocycles. The minimum absolute atomic E-state index is 0.551. The molecule has 0 aliphatic rings. The zero-order valence-electron chi connectivity index (χ0n) is 8.03. The van der Waals surface area contributed by atoms with Gasteiger partial charge in [-0.3, -0.25) is 0 Å². The third-order valence-corrected chi connectivity index (χ3v) is 2.10. The minimum Gasteiger partial charge on any atom is -0.512 e. The Morgan fingerprint density at radius 2 is 1.62 bits per heavy atom. The number of hydrogen-bond acceptors (Lipinski definition) is 3. The molecule has 70 valence electrons. The zero-order chi connectivity index (χ0) is 10.0. The molecule has 3 nitrogen and oxygen atoms in total. The van der Waals surface area contributed by atoms with Gasteiger partial charge in [-0.25, -0.2) is 0 Å². The molecule has 0 radical (unpaired) electrons. The van der Waals surface area contributed by atoms with Crippen LogP contribution in [0.5, 0.6) is 5.75 Å². The maximum absolute atomic E-state index is 8.68. The summed E-state index contributed by atoms with van der Waals surface area (Å²) in [5.74, 6) is 0.551. The molecule has 4 heteroatoms. The van der Waals surface area contributed by atoms with Crippen molar-refractivity contribution in [3.63, 3.8) is 0 Å². The number of aryl methyl sites for hydroxylation is 2. The second-order valence-corrected chi connectivity index (χ2v) is 3.10. The molecule has 0 unspecified atom stereocenters. The molecule has 0 saturated carbocycles. The highest BCUT2D eigenvalue weighted by atomic mass is 16.6. The Bertz CT molecular complexity index is 310. The van der Waals surface area contributed by atoms with Gasteiger partial charge in [-0.05, 0) is 37.5 Å². The highest BCUT2D eigenvalue weighted by Crippen LogP contribution is 2.25. The van der Waals surface area contributed by atoms with Crippen molar-refractivity contribution in [3.05, 3.63) is 28.8 Å². The van der Waals surface area contributed by atoms with E-state index >= 15 is 0 Å². The van der Waals surface area contributed by atoms with Crippen LogP contribution in [0, 0.1) is 20.8 Å². The highest BCUT2D eigenvalue weighted by molar-refractivity contribution is 6.33. The standard InChI is InChI=1S/C9H13BO3/c1-6-4-5-7(2)9(8(6)3)13-10(11)12/h4-5,11-12H,1-3H3. The first kappa shape index (κ1) is 10.1. The van der Waals surface area contributed by atoms with Crippen LogP contribution in [-0.4, -0.2) is 17.4 Å².